The van der Waals surface area contributed by atoms with Crippen molar-refractivity contribution in [3.8, 4) is 0 Å². The molecule has 4 N–H and O–H groups in total. The van der Waals surface area contributed by atoms with Gasteiger partial charge < -0.3 is 11.5 Å². The maximum Gasteiger partial charge on any atom is 0.237 e. The van der Waals surface area contributed by atoms with Gasteiger partial charge in [-0.3, -0.25) is 4.79 Å². The average Bonchev–Trinajstić information content (AvgIpc) is 2.08. The molecular weight excluding hydrogens is 183 g/mol. The molecule has 0 saturated heterocycles. The lowest BCUT2D eigenvalue weighted by molar-refractivity contribution is -0.122. The number of carbonyl (C=O) groups excluding carboxylic acids is 1. The van der Waals surface area contributed by atoms with Gasteiger partial charge in [0.05, 0.1) is 5.54 Å². The van der Waals surface area contributed by atoms with Crippen LogP contribution in [0.4, 0.5) is 4.39 Å². The van der Waals surface area contributed by atoms with Gasteiger partial charge in [-0.1, -0.05) is 18.2 Å². The molecule has 1 atom stereocenters. The zero-order chi connectivity index (χ0) is 10.8. The van der Waals surface area contributed by atoms with E-state index in [0.29, 0.717) is 5.56 Å². The molecule has 0 heterocycles. The van der Waals surface area contributed by atoms with Gasteiger partial charge in [0, 0.05) is 6.42 Å². The normalized spacial score (nSPS) is 14.8. The zero-order valence-corrected chi connectivity index (χ0v) is 7.96. The van der Waals surface area contributed by atoms with Gasteiger partial charge in [0.1, 0.15) is 5.82 Å². The number of amides is 1. The number of hydrogen-bond acceptors (Lipinski definition) is 2. The molecule has 0 saturated carbocycles. The first-order chi connectivity index (χ1) is 6.43. The molecule has 0 aliphatic rings. The highest BCUT2D eigenvalue weighted by molar-refractivity contribution is 5.84. The van der Waals surface area contributed by atoms with Crippen molar-refractivity contribution < 1.29 is 9.18 Å². The molecule has 0 fully saturated rings. The predicted octanol–water partition coefficient (Wildman–Crippen LogP) is 0.571. The molecule has 1 rings (SSSR count). The van der Waals surface area contributed by atoms with Crippen molar-refractivity contribution in [2.75, 3.05) is 0 Å². The van der Waals surface area contributed by atoms with Crippen LogP contribution in [0.1, 0.15) is 12.5 Å². The van der Waals surface area contributed by atoms with E-state index in [1.54, 1.807) is 18.2 Å². The summed E-state index contributed by atoms with van der Waals surface area (Å²) in [6.45, 7) is 1.49. The maximum atomic E-state index is 13.2. The Kier molecular flexibility index (Phi) is 2.86. The summed E-state index contributed by atoms with van der Waals surface area (Å²) in [4.78, 5) is 10.9. The van der Waals surface area contributed by atoms with Crippen LogP contribution in [0.25, 0.3) is 0 Å². The number of primary amides is 1. The minimum atomic E-state index is -1.21. The lowest BCUT2D eigenvalue weighted by Gasteiger charge is -2.20. The van der Waals surface area contributed by atoms with Crippen LogP contribution in [-0.4, -0.2) is 11.4 Å². The van der Waals surface area contributed by atoms with Crippen LogP contribution < -0.4 is 11.5 Å². The Morgan fingerprint density at radius 1 is 1.50 bits per heavy atom. The van der Waals surface area contributed by atoms with Gasteiger partial charge in [-0.25, -0.2) is 4.39 Å². The van der Waals surface area contributed by atoms with Gasteiger partial charge in [-0.15, -0.1) is 0 Å². The molecule has 76 valence electrons. The molecule has 14 heavy (non-hydrogen) atoms. The average molecular weight is 196 g/mol. The summed E-state index contributed by atoms with van der Waals surface area (Å²) in [5, 5.41) is 0. The summed E-state index contributed by atoms with van der Waals surface area (Å²) in [7, 11) is 0. The number of rotatable bonds is 3. The summed E-state index contributed by atoms with van der Waals surface area (Å²) in [6, 6.07) is 6.18. The molecule has 0 radical (unpaired) electrons. The fourth-order valence-corrected chi connectivity index (χ4v) is 1.12. The smallest absolute Gasteiger partial charge is 0.237 e. The van der Waals surface area contributed by atoms with E-state index in [1.165, 1.54) is 13.0 Å². The number of hydrogen-bond donors (Lipinski definition) is 2. The van der Waals surface area contributed by atoms with Gasteiger partial charge in [-0.2, -0.15) is 0 Å². The van der Waals surface area contributed by atoms with Gasteiger partial charge >= 0.3 is 0 Å². The van der Waals surface area contributed by atoms with Gasteiger partial charge in [0.2, 0.25) is 5.91 Å². The fourth-order valence-electron chi connectivity index (χ4n) is 1.12. The van der Waals surface area contributed by atoms with E-state index in [1.807, 2.05) is 0 Å². The standard InChI is InChI=1S/C10H13FN2O/c1-10(13,9(12)14)6-7-4-2-3-5-8(7)11/h2-5H,6,13H2,1H3,(H2,12,14). The van der Waals surface area contributed by atoms with Crippen LogP contribution >= 0.6 is 0 Å². The first-order valence-electron chi connectivity index (χ1n) is 4.25. The van der Waals surface area contributed by atoms with Crippen LogP contribution in [0.2, 0.25) is 0 Å². The molecule has 0 aliphatic carbocycles. The summed E-state index contributed by atoms with van der Waals surface area (Å²) in [5.41, 5.74) is 9.89. The van der Waals surface area contributed by atoms with E-state index in [-0.39, 0.29) is 12.2 Å². The Labute approximate surface area is 81.9 Å². The third-order valence-corrected chi connectivity index (χ3v) is 2.08. The Morgan fingerprint density at radius 2 is 2.07 bits per heavy atom. The zero-order valence-electron chi connectivity index (χ0n) is 7.96. The second-order valence-electron chi connectivity index (χ2n) is 3.55. The molecule has 0 bridgehead atoms. The minimum Gasteiger partial charge on any atom is -0.368 e. The second-order valence-corrected chi connectivity index (χ2v) is 3.55. The lowest BCUT2D eigenvalue weighted by Crippen LogP contribution is -2.51. The predicted molar refractivity (Wildman–Crippen MR) is 51.9 cm³/mol. The Balaban J connectivity index is 2.89. The SMILES string of the molecule is CC(N)(Cc1ccccc1F)C(N)=O. The van der Waals surface area contributed by atoms with Crippen molar-refractivity contribution in [2.45, 2.75) is 18.9 Å². The third kappa shape index (κ3) is 2.29. The maximum absolute atomic E-state index is 13.2. The number of nitrogens with two attached hydrogens (primary N) is 2. The topological polar surface area (TPSA) is 69.1 Å². The molecule has 0 aromatic heterocycles. The third-order valence-electron chi connectivity index (χ3n) is 2.08. The Hall–Kier alpha value is -1.42. The summed E-state index contributed by atoms with van der Waals surface area (Å²) in [5.74, 6) is -1.01. The molecule has 1 aromatic rings. The first kappa shape index (κ1) is 10.7. The van der Waals surface area contributed by atoms with Crippen LogP contribution in [0, 0.1) is 5.82 Å². The first-order valence-corrected chi connectivity index (χ1v) is 4.25. The van der Waals surface area contributed by atoms with Gasteiger partial charge in [0.15, 0.2) is 0 Å². The number of benzene rings is 1. The molecule has 1 amide bonds. The van der Waals surface area contributed by atoms with Crippen molar-refractivity contribution in [3.63, 3.8) is 0 Å². The molecule has 1 unspecified atom stereocenters. The molecule has 4 heteroatoms. The quantitative estimate of drug-likeness (QED) is 0.742. The number of halogens is 1. The van der Waals surface area contributed by atoms with Crippen molar-refractivity contribution in [2.24, 2.45) is 11.5 Å². The van der Waals surface area contributed by atoms with E-state index in [4.69, 9.17) is 11.5 Å². The Bertz CT molecular complexity index is 350. The monoisotopic (exact) mass is 196 g/mol. The molecule has 1 aromatic carbocycles. The van der Waals surface area contributed by atoms with Crippen molar-refractivity contribution >= 4 is 5.91 Å². The molecule has 3 nitrogen and oxygen atoms in total. The van der Waals surface area contributed by atoms with Gasteiger partial charge in [0.25, 0.3) is 0 Å². The van der Waals surface area contributed by atoms with Crippen LogP contribution in [0.5, 0.6) is 0 Å². The minimum absolute atomic E-state index is 0.106. The highest BCUT2D eigenvalue weighted by Gasteiger charge is 2.26. The van der Waals surface area contributed by atoms with E-state index < -0.39 is 11.4 Å². The summed E-state index contributed by atoms with van der Waals surface area (Å²) in [6.07, 6.45) is 0.106. The highest BCUT2D eigenvalue weighted by atomic mass is 19.1. The number of carbonyl (C=O) groups is 1. The van der Waals surface area contributed by atoms with Gasteiger partial charge in [-0.05, 0) is 18.6 Å². The highest BCUT2D eigenvalue weighted by Crippen LogP contribution is 2.13. The van der Waals surface area contributed by atoms with Crippen LogP contribution in [-0.2, 0) is 11.2 Å². The lowest BCUT2D eigenvalue weighted by atomic mass is 9.93. The van der Waals surface area contributed by atoms with Crippen molar-refractivity contribution in [3.05, 3.63) is 35.6 Å². The molecular formula is C10H13FN2O. The van der Waals surface area contributed by atoms with E-state index >= 15 is 0 Å². The van der Waals surface area contributed by atoms with E-state index in [2.05, 4.69) is 0 Å². The molecule has 0 aliphatic heterocycles. The fraction of sp³-hybridized carbons (Fsp3) is 0.300. The van der Waals surface area contributed by atoms with Crippen molar-refractivity contribution in [1.29, 1.82) is 0 Å². The van der Waals surface area contributed by atoms with Crippen LogP contribution in [0.3, 0.4) is 0 Å². The van der Waals surface area contributed by atoms with E-state index in [9.17, 15) is 9.18 Å². The van der Waals surface area contributed by atoms with Crippen molar-refractivity contribution in [1.82, 2.24) is 0 Å². The van der Waals surface area contributed by atoms with Crippen LogP contribution in [0.15, 0.2) is 24.3 Å². The second kappa shape index (κ2) is 3.75. The summed E-state index contributed by atoms with van der Waals surface area (Å²) >= 11 is 0. The van der Waals surface area contributed by atoms with E-state index in [0.717, 1.165) is 0 Å². The Morgan fingerprint density at radius 3 is 2.57 bits per heavy atom. The largest absolute Gasteiger partial charge is 0.368 e. The molecule has 0 spiro atoms. The summed E-state index contributed by atoms with van der Waals surface area (Å²) < 4.78 is 13.2.